The molecule has 13 heavy (non-hydrogen) atoms. The zero-order chi connectivity index (χ0) is 10.1. The van der Waals surface area contributed by atoms with Gasteiger partial charge in [-0.25, -0.2) is 0 Å². The van der Waals surface area contributed by atoms with Crippen molar-refractivity contribution < 1.29 is 14.6 Å². The van der Waals surface area contributed by atoms with E-state index in [1.807, 2.05) is 13.8 Å². The third kappa shape index (κ3) is 2.21. The maximum absolute atomic E-state index is 11.4. The molecule has 0 amide bonds. The number of aliphatic hydroxyl groups is 1. The fraction of sp³-hybridized carbons (Fsp3) is 0.900. The summed E-state index contributed by atoms with van der Waals surface area (Å²) in [5.74, 6) is -0.196. The molecule has 76 valence electrons. The van der Waals surface area contributed by atoms with E-state index in [9.17, 15) is 9.90 Å². The van der Waals surface area contributed by atoms with Crippen LogP contribution in [0.3, 0.4) is 0 Å². The fourth-order valence-corrected chi connectivity index (χ4v) is 2.18. The molecule has 3 heteroatoms. The first kappa shape index (κ1) is 10.5. The summed E-state index contributed by atoms with van der Waals surface area (Å²) in [6.45, 7) is 4.02. The lowest BCUT2D eigenvalue weighted by Crippen LogP contribution is -2.39. The third-order valence-electron chi connectivity index (χ3n) is 2.98. The zero-order valence-electron chi connectivity index (χ0n) is 8.54. The van der Waals surface area contributed by atoms with Gasteiger partial charge in [-0.05, 0) is 24.7 Å². The molecule has 1 aliphatic carbocycles. The first-order valence-electron chi connectivity index (χ1n) is 4.73. The van der Waals surface area contributed by atoms with Gasteiger partial charge in [-0.15, -0.1) is 0 Å². The van der Waals surface area contributed by atoms with Crippen LogP contribution < -0.4 is 0 Å². The normalized spacial score (nSPS) is 32.6. The minimum Gasteiger partial charge on any atom is -0.469 e. The van der Waals surface area contributed by atoms with Gasteiger partial charge in [-0.1, -0.05) is 13.8 Å². The summed E-state index contributed by atoms with van der Waals surface area (Å²) in [6.07, 6.45) is 1.88. The second-order valence-electron chi connectivity index (χ2n) is 4.50. The molecule has 0 saturated heterocycles. The minimum atomic E-state index is -0.254. The van der Waals surface area contributed by atoms with Crippen LogP contribution in [0.15, 0.2) is 0 Å². The van der Waals surface area contributed by atoms with E-state index in [0.717, 1.165) is 6.42 Å². The topological polar surface area (TPSA) is 46.5 Å². The molecule has 0 bridgehead atoms. The lowest BCUT2D eigenvalue weighted by Gasteiger charge is -2.38. The summed E-state index contributed by atoms with van der Waals surface area (Å²) in [7, 11) is 1.42. The van der Waals surface area contributed by atoms with Gasteiger partial charge in [0.05, 0.1) is 19.1 Å². The largest absolute Gasteiger partial charge is 0.469 e. The van der Waals surface area contributed by atoms with Crippen molar-refractivity contribution in [2.75, 3.05) is 7.11 Å². The summed E-state index contributed by atoms with van der Waals surface area (Å²) in [4.78, 5) is 11.4. The van der Waals surface area contributed by atoms with Crippen molar-refractivity contribution >= 4 is 5.97 Å². The Hall–Kier alpha value is -0.570. The Morgan fingerprint density at radius 2 is 2.08 bits per heavy atom. The van der Waals surface area contributed by atoms with Crippen LogP contribution in [0.5, 0.6) is 0 Å². The molecule has 0 heterocycles. The van der Waals surface area contributed by atoms with Crippen LogP contribution in [-0.2, 0) is 9.53 Å². The maximum atomic E-state index is 11.4. The molecule has 0 spiro atoms. The van der Waals surface area contributed by atoms with Crippen LogP contribution in [-0.4, -0.2) is 24.3 Å². The highest BCUT2D eigenvalue weighted by Crippen LogP contribution is 2.41. The molecular weight excluding hydrogens is 168 g/mol. The van der Waals surface area contributed by atoms with E-state index in [4.69, 9.17) is 4.74 Å². The predicted molar refractivity (Wildman–Crippen MR) is 49.1 cm³/mol. The number of methoxy groups -OCH3 is 1. The van der Waals surface area contributed by atoms with Crippen molar-refractivity contribution in [2.24, 2.45) is 11.3 Å². The lowest BCUT2D eigenvalue weighted by molar-refractivity contribution is -0.153. The Morgan fingerprint density at radius 1 is 1.46 bits per heavy atom. The van der Waals surface area contributed by atoms with Gasteiger partial charge in [0.25, 0.3) is 0 Å². The molecule has 0 aromatic heterocycles. The summed E-state index contributed by atoms with van der Waals surface area (Å²) in [5, 5.41) is 9.46. The third-order valence-corrected chi connectivity index (χ3v) is 2.98. The number of aliphatic hydroxyl groups excluding tert-OH is 1. The number of rotatable bonds is 1. The molecule has 0 radical (unpaired) electrons. The van der Waals surface area contributed by atoms with Crippen molar-refractivity contribution in [2.45, 2.75) is 39.2 Å². The minimum absolute atomic E-state index is 0.0547. The summed E-state index contributed by atoms with van der Waals surface area (Å²) >= 11 is 0. The summed E-state index contributed by atoms with van der Waals surface area (Å²) < 4.78 is 4.74. The Balaban J connectivity index is 2.69. The van der Waals surface area contributed by atoms with Crippen LogP contribution in [0.2, 0.25) is 0 Å². The average Bonchev–Trinajstić information content (AvgIpc) is 2.01. The van der Waals surface area contributed by atoms with Crippen molar-refractivity contribution in [1.82, 2.24) is 0 Å². The summed E-state index contributed by atoms with van der Waals surface area (Å²) in [6, 6.07) is 0. The van der Waals surface area contributed by atoms with Gasteiger partial charge in [0.1, 0.15) is 0 Å². The summed E-state index contributed by atoms with van der Waals surface area (Å²) in [5.41, 5.74) is -0.134. The first-order valence-corrected chi connectivity index (χ1v) is 4.73. The highest BCUT2D eigenvalue weighted by Gasteiger charge is 2.40. The number of carbonyl (C=O) groups is 1. The van der Waals surface area contributed by atoms with Gasteiger partial charge in [0.15, 0.2) is 0 Å². The molecule has 3 nitrogen and oxygen atoms in total. The number of ether oxygens (including phenoxy) is 1. The van der Waals surface area contributed by atoms with Crippen molar-refractivity contribution in [3.8, 4) is 0 Å². The quantitative estimate of drug-likeness (QED) is 0.629. The van der Waals surface area contributed by atoms with E-state index in [1.165, 1.54) is 7.11 Å². The molecular formula is C10H18O3. The molecule has 1 fully saturated rings. The van der Waals surface area contributed by atoms with E-state index < -0.39 is 0 Å². The zero-order valence-corrected chi connectivity index (χ0v) is 8.54. The second kappa shape index (κ2) is 3.66. The molecule has 0 aromatic carbocycles. The van der Waals surface area contributed by atoms with Crippen LogP contribution in [0.4, 0.5) is 0 Å². The fourth-order valence-electron chi connectivity index (χ4n) is 2.18. The van der Waals surface area contributed by atoms with Gasteiger partial charge < -0.3 is 9.84 Å². The molecule has 0 aliphatic heterocycles. The Kier molecular flexibility index (Phi) is 2.96. The highest BCUT2D eigenvalue weighted by atomic mass is 16.5. The van der Waals surface area contributed by atoms with Crippen LogP contribution >= 0.6 is 0 Å². The van der Waals surface area contributed by atoms with E-state index in [1.54, 1.807) is 0 Å². The lowest BCUT2D eigenvalue weighted by atomic mass is 9.68. The molecule has 0 aromatic rings. The Morgan fingerprint density at radius 3 is 2.54 bits per heavy atom. The molecule has 0 unspecified atom stereocenters. The molecule has 1 rings (SSSR count). The number of hydrogen-bond acceptors (Lipinski definition) is 3. The Bertz CT molecular complexity index is 198. The molecule has 1 N–H and O–H groups in total. The number of carbonyl (C=O) groups excluding carboxylic acids is 1. The first-order chi connectivity index (χ1) is 5.97. The SMILES string of the molecule is COC(=O)[C@H]1CC[C@H](O)CC1(C)C. The van der Waals surface area contributed by atoms with Crippen LogP contribution in [0.1, 0.15) is 33.1 Å². The van der Waals surface area contributed by atoms with E-state index in [2.05, 4.69) is 0 Å². The molecule has 1 aliphatic rings. The maximum Gasteiger partial charge on any atom is 0.309 e. The monoisotopic (exact) mass is 186 g/mol. The number of hydrogen-bond donors (Lipinski definition) is 1. The van der Waals surface area contributed by atoms with Crippen molar-refractivity contribution in [3.05, 3.63) is 0 Å². The van der Waals surface area contributed by atoms with Gasteiger partial charge in [-0.2, -0.15) is 0 Å². The average molecular weight is 186 g/mol. The number of esters is 1. The van der Waals surface area contributed by atoms with Gasteiger partial charge in [0.2, 0.25) is 0 Å². The smallest absolute Gasteiger partial charge is 0.309 e. The van der Waals surface area contributed by atoms with E-state index in [0.29, 0.717) is 12.8 Å². The van der Waals surface area contributed by atoms with Gasteiger partial charge in [-0.3, -0.25) is 4.79 Å². The van der Waals surface area contributed by atoms with E-state index in [-0.39, 0.29) is 23.4 Å². The van der Waals surface area contributed by atoms with Gasteiger partial charge in [0, 0.05) is 0 Å². The van der Waals surface area contributed by atoms with Gasteiger partial charge >= 0.3 is 5.97 Å². The van der Waals surface area contributed by atoms with Crippen molar-refractivity contribution in [1.29, 1.82) is 0 Å². The second-order valence-corrected chi connectivity index (χ2v) is 4.50. The molecule has 1 saturated carbocycles. The molecule has 2 atom stereocenters. The van der Waals surface area contributed by atoms with Crippen molar-refractivity contribution in [3.63, 3.8) is 0 Å². The highest BCUT2D eigenvalue weighted by molar-refractivity contribution is 5.73. The van der Waals surface area contributed by atoms with E-state index >= 15 is 0 Å². The predicted octanol–water partition coefficient (Wildman–Crippen LogP) is 1.35. The van der Waals surface area contributed by atoms with Crippen LogP contribution in [0, 0.1) is 11.3 Å². The Labute approximate surface area is 79.1 Å². The van der Waals surface area contributed by atoms with Crippen LogP contribution in [0.25, 0.3) is 0 Å². The standard InChI is InChI=1S/C10H18O3/c1-10(2)6-7(11)4-5-8(10)9(12)13-3/h7-8,11H,4-6H2,1-3H3/t7-,8+/m0/s1.